The zero-order chi connectivity index (χ0) is 27.2. The monoisotopic (exact) mass is 771 g/mol. The van der Waals surface area contributed by atoms with Crippen LogP contribution in [0.2, 0.25) is 0 Å². The summed E-state index contributed by atoms with van der Waals surface area (Å²) in [4.78, 5) is 4.55. The topological polar surface area (TPSA) is 53.4 Å². The summed E-state index contributed by atoms with van der Waals surface area (Å²) >= 11 is 0.347. The van der Waals surface area contributed by atoms with E-state index in [-0.39, 0.29) is 25.5 Å². The molecule has 2 heterocycles. The number of hydrogen-bond acceptors (Lipinski definition) is 3. The van der Waals surface area contributed by atoms with Crippen molar-refractivity contribution in [1.29, 1.82) is 0 Å². The molecule has 0 aliphatic carbocycles. The van der Waals surface area contributed by atoms with Gasteiger partial charge in [-0.1, -0.05) is 60.7 Å². The van der Waals surface area contributed by atoms with E-state index < -0.39 is 12.2 Å². The Labute approximate surface area is 256 Å². The summed E-state index contributed by atoms with van der Waals surface area (Å²) in [6, 6.07) is 41.5. The average molecular weight is 770 g/mol. The summed E-state index contributed by atoms with van der Waals surface area (Å²) in [5.41, 5.74) is 6.66. The van der Waals surface area contributed by atoms with Crippen molar-refractivity contribution < 1.29 is 30.3 Å². The van der Waals surface area contributed by atoms with Gasteiger partial charge in [0.15, 0.2) is 0 Å². The third-order valence-corrected chi connectivity index (χ3v) is 9.48. The van der Waals surface area contributed by atoms with Gasteiger partial charge in [-0.2, -0.15) is 0 Å². The predicted octanol–water partition coefficient (Wildman–Crippen LogP) is 5.68. The summed E-state index contributed by atoms with van der Waals surface area (Å²) in [5, 5.41) is 20.0. The van der Waals surface area contributed by atoms with Crippen molar-refractivity contribution in [2.24, 2.45) is 0 Å². The minimum atomic E-state index is -0.633. The number of benzene rings is 4. The zero-order valence-electron chi connectivity index (χ0n) is 22.5. The molecule has 2 unspecified atom stereocenters. The Morgan fingerprint density at radius 1 is 0.725 bits per heavy atom. The maximum atomic E-state index is 9.99. The molecule has 0 saturated carbocycles. The molecule has 2 N–H and O–H groups in total. The summed E-state index contributed by atoms with van der Waals surface area (Å²) in [5.74, 6) is 0. The van der Waals surface area contributed by atoms with Gasteiger partial charge in [-0.3, -0.25) is 0 Å². The molecule has 1 aliphatic heterocycles. The molecule has 5 aromatic rings. The summed E-state index contributed by atoms with van der Waals surface area (Å²) in [6.45, 7) is 4.64. The van der Waals surface area contributed by atoms with Crippen LogP contribution in [0.25, 0.3) is 11.3 Å². The van der Waals surface area contributed by atoms with Gasteiger partial charge in [0.05, 0.1) is 12.2 Å². The van der Waals surface area contributed by atoms with E-state index in [0.717, 1.165) is 22.4 Å². The van der Waals surface area contributed by atoms with Gasteiger partial charge >= 0.3 is 137 Å². The molecule has 1 aliphatic rings. The van der Waals surface area contributed by atoms with Crippen LogP contribution >= 0.6 is 0 Å². The smallest absolute Gasteiger partial charge is 0.0818 e. The maximum Gasteiger partial charge on any atom is 0.0818 e. The van der Waals surface area contributed by atoms with Crippen molar-refractivity contribution in [3.63, 3.8) is 0 Å². The Balaban J connectivity index is 0.000000187. The molecule has 5 heteroatoms. The molecule has 0 bridgehead atoms. The van der Waals surface area contributed by atoms with Gasteiger partial charge in [0.2, 0.25) is 0 Å². The van der Waals surface area contributed by atoms with Crippen LogP contribution in [0.15, 0.2) is 121 Å². The van der Waals surface area contributed by atoms with Crippen molar-refractivity contribution in [1.82, 2.24) is 4.98 Å². The average Bonchev–Trinajstić information content (AvgIpc) is 2.98. The second-order valence-corrected chi connectivity index (χ2v) is 12.4. The first-order valence-corrected chi connectivity index (χ1v) is 14.9. The fourth-order valence-corrected chi connectivity index (χ4v) is 8.02. The maximum absolute atomic E-state index is 9.99. The predicted molar refractivity (Wildman–Crippen MR) is 160 cm³/mol. The van der Waals surface area contributed by atoms with Crippen LogP contribution in [0.1, 0.15) is 54.7 Å². The molecule has 2 atom stereocenters. The van der Waals surface area contributed by atoms with Crippen LogP contribution in [0, 0.1) is 6.07 Å². The number of aromatic nitrogens is 1. The van der Waals surface area contributed by atoms with Gasteiger partial charge in [-0.25, -0.2) is 0 Å². The van der Waals surface area contributed by atoms with E-state index in [9.17, 15) is 10.2 Å². The van der Waals surface area contributed by atoms with Crippen molar-refractivity contribution in [2.75, 3.05) is 0 Å². The molecular formula is C35H32IrNO2Se-. The Kier molecular flexibility index (Phi) is 10.3. The summed E-state index contributed by atoms with van der Waals surface area (Å²) in [6.07, 6.45) is 0.906. The molecule has 4 aromatic carbocycles. The Hall–Kier alpha value is -2.88. The number of aliphatic hydroxyl groups excluding tert-OH is 2. The molecule has 40 heavy (non-hydrogen) atoms. The molecule has 1 aromatic heterocycles. The van der Waals surface area contributed by atoms with E-state index in [0.29, 0.717) is 21.4 Å². The molecule has 3 nitrogen and oxygen atoms in total. The minimum absolute atomic E-state index is 0. The number of aliphatic hydroxyl groups is 2. The van der Waals surface area contributed by atoms with E-state index in [1.54, 1.807) is 0 Å². The van der Waals surface area contributed by atoms with Gasteiger partial charge in [0.1, 0.15) is 0 Å². The van der Waals surface area contributed by atoms with Gasteiger partial charge in [-0.05, 0) is 11.1 Å². The molecule has 0 spiro atoms. The first-order valence-electron chi connectivity index (χ1n) is 13.1. The van der Waals surface area contributed by atoms with Crippen molar-refractivity contribution in [3.8, 4) is 11.3 Å². The number of nitrogens with zero attached hydrogens (tertiary/aromatic N) is 1. The fourth-order valence-electron chi connectivity index (χ4n) is 5.06. The number of pyridine rings is 1. The summed E-state index contributed by atoms with van der Waals surface area (Å²) in [7, 11) is 0. The van der Waals surface area contributed by atoms with Crippen LogP contribution in [-0.4, -0.2) is 30.2 Å². The van der Waals surface area contributed by atoms with E-state index in [1.165, 1.54) is 20.1 Å². The van der Waals surface area contributed by atoms with Crippen LogP contribution in [0.3, 0.4) is 0 Å². The first kappa shape index (κ1) is 30.1. The third-order valence-electron chi connectivity index (χ3n) is 7.10. The van der Waals surface area contributed by atoms with E-state index in [4.69, 9.17) is 0 Å². The second-order valence-electron chi connectivity index (χ2n) is 10.1. The quantitative estimate of drug-likeness (QED) is 0.179. The van der Waals surface area contributed by atoms with E-state index in [2.05, 4.69) is 67.4 Å². The molecular weight excluding hydrogens is 738 g/mol. The largest absolute Gasteiger partial charge is 0.388 e. The molecule has 0 saturated heterocycles. The number of rotatable bonds is 5. The van der Waals surface area contributed by atoms with E-state index >= 15 is 0 Å². The normalized spacial score (nSPS) is 14.3. The first-order chi connectivity index (χ1) is 18.9. The third kappa shape index (κ3) is 6.70. The van der Waals surface area contributed by atoms with Gasteiger partial charge in [0.25, 0.3) is 0 Å². The van der Waals surface area contributed by atoms with E-state index in [1.807, 2.05) is 79.0 Å². The van der Waals surface area contributed by atoms with Gasteiger partial charge in [0, 0.05) is 26.5 Å². The Morgan fingerprint density at radius 2 is 1.30 bits per heavy atom. The number of fused-ring (bicyclic) bond motifs is 2. The molecule has 0 fully saturated rings. The number of hydrogen-bond donors (Lipinski definition) is 2. The molecule has 6 rings (SSSR count). The van der Waals surface area contributed by atoms with Gasteiger partial charge < -0.3 is 10.2 Å². The second kappa shape index (κ2) is 13.7. The SMILES string of the molecule is CC1(C)c2ccccc2[Se]c2cc[c-]c(-c3ccccn3)c21.OC(CC(O)c1ccccc1)c1ccccc1.[Ir]. The van der Waals surface area contributed by atoms with Crippen LogP contribution in [0.4, 0.5) is 0 Å². The van der Waals surface area contributed by atoms with Crippen molar-refractivity contribution in [3.05, 3.63) is 150 Å². The molecule has 1 radical (unpaired) electrons. The molecule has 0 amide bonds. The van der Waals surface area contributed by atoms with Crippen molar-refractivity contribution in [2.45, 2.75) is 37.9 Å². The molecule has 205 valence electrons. The minimum Gasteiger partial charge on any atom is -0.388 e. The standard InChI is InChI=1S/C20H16NSe.C15H16O2.Ir/c1-20(2)15-9-3-4-11-17(15)22-18-12-7-8-14(19(18)20)16-10-5-6-13-21-16;16-14(12-7-3-1-4-8-12)11-15(17)13-9-5-2-6-10-13;/h3-7,9-13H,1-2H3;1-10,14-17H,11H2;/q-1;;. The van der Waals surface area contributed by atoms with Crippen LogP contribution in [-0.2, 0) is 25.5 Å². The zero-order valence-corrected chi connectivity index (χ0v) is 26.6. The van der Waals surface area contributed by atoms with Gasteiger partial charge in [-0.15, -0.1) is 0 Å². The van der Waals surface area contributed by atoms with Crippen molar-refractivity contribution >= 4 is 23.9 Å². The summed E-state index contributed by atoms with van der Waals surface area (Å²) < 4.78 is 2.95. The van der Waals surface area contributed by atoms with Crippen LogP contribution < -0.4 is 8.92 Å². The Morgan fingerprint density at radius 3 is 1.90 bits per heavy atom. The Bertz CT molecular complexity index is 1470. The fraction of sp³-hybridized carbons (Fsp3) is 0.171. The van der Waals surface area contributed by atoms with Crippen LogP contribution in [0.5, 0.6) is 0 Å².